The first-order valence-corrected chi connectivity index (χ1v) is 8.34. The van der Waals surface area contributed by atoms with E-state index in [1.807, 2.05) is 24.3 Å². The van der Waals surface area contributed by atoms with E-state index >= 15 is 0 Å². The molecule has 0 saturated heterocycles. The van der Waals surface area contributed by atoms with Crippen LogP contribution in [0.25, 0.3) is 0 Å². The number of carboxylic acid groups (broad SMARTS) is 1. The van der Waals surface area contributed by atoms with E-state index in [0.717, 1.165) is 11.1 Å². The molecule has 0 aliphatic heterocycles. The predicted molar refractivity (Wildman–Crippen MR) is 96.0 cm³/mol. The quantitative estimate of drug-likeness (QED) is 0.722. The molecule has 2 aromatic carbocycles. The fourth-order valence-electron chi connectivity index (χ4n) is 2.08. The maximum absolute atomic E-state index is 11.6. The van der Waals surface area contributed by atoms with Crippen LogP contribution >= 0.6 is 23.2 Å². The number of halogens is 2. The molecule has 2 aromatic rings. The summed E-state index contributed by atoms with van der Waals surface area (Å²) < 4.78 is 5.80. The first-order chi connectivity index (χ1) is 12.0. The van der Waals surface area contributed by atoms with E-state index in [-0.39, 0.29) is 25.3 Å². The Morgan fingerprint density at radius 2 is 1.80 bits per heavy atom. The highest BCUT2D eigenvalue weighted by Gasteiger charge is 2.08. The van der Waals surface area contributed by atoms with Crippen LogP contribution in [0, 0.1) is 0 Å². The van der Waals surface area contributed by atoms with Gasteiger partial charge in [-0.15, -0.1) is 0 Å². The SMILES string of the molecule is O=C(O)CCC(=O)NCc1ccccc1OCc1ccc(Cl)c(Cl)c1. The Bertz CT molecular complexity index is 764. The van der Waals surface area contributed by atoms with Crippen molar-refractivity contribution in [2.24, 2.45) is 0 Å². The van der Waals surface area contributed by atoms with Gasteiger partial charge in [-0.1, -0.05) is 47.5 Å². The molecule has 0 aromatic heterocycles. The number of hydrogen-bond acceptors (Lipinski definition) is 3. The first kappa shape index (κ1) is 19.1. The molecule has 1 amide bonds. The summed E-state index contributed by atoms with van der Waals surface area (Å²) in [6, 6.07) is 12.6. The van der Waals surface area contributed by atoms with Crippen molar-refractivity contribution in [3.05, 3.63) is 63.6 Å². The molecule has 0 saturated carbocycles. The third kappa shape index (κ3) is 6.29. The van der Waals surface area contributed by atoms with Crippen LogP contribution in [0.3, 0.4) is 0 Å². The standard InChI is InChI=1S/C18H17Cl2NO4/c19-14-6-5-12(9-15(14)20)11-25-16-4-2-1-3-13(16)10-21-17(22)7-8-18(23)24/h1-6,9H,7-8,10-11H2,(H,21,22)(H,23,24). The zero-order valence-electron chi connectivity index (χ0n) is 13.3. The van der Waals surface area contributed by atoms with Crippen LogP contribution in [-0.4, -0.2) is 17.0 Å². The van der Waals surface area contributed by atoms with Gasteiger partial charge in [0.1, 0.15) is 12.4 Å². The summed E-state index contributed by atoms with van der Waals surface area (Å²) in [7, 11) is 0. The molecule has 0 heterocycles. The van der Waals surface area contributed by atoms with Gasteiger partial charge < -0.3 is 15.2 Å². The van der Waals surface area contributed by atoms with Gasteiger partial charge in [0.15, 0.2) is 0 Å². The molecule has 0 bridgehead atoms. The lowest BCUT2D eigenvalue weighted by atomic mass is 10.2. The van der Waals surface area contributed by atoms with E-state index in [1.54, 1.807) is 18.2 Å². The molecule has 132 valence electrons. The van der Waals surface area contributed by atoms with E-state index in [9.17, 15) is 9.59 Å². The predicted octanol–water partition coefficient (Wildman–Crippen LogP) is 4.05. The van der Waals surface area contributed by atoms with Crippen molar-refractivity contribution in [1.82, 2.24) is 5.32 Å². The van der Waals surface area contributed by atoms with Crippen LogP contribution in [0.2, 0.25) is 10.0 Å². The van der Waals surface area contributed by atoms with Gasteiger partial charge in [-0.3, -0.25) is 9.59 Å². The summed E-state index contributed by atoms with van der Waals surface area (Å²) in [5.41, 5.74) is 1.67. The van der Waals surface area contributed by atoms with E-state index in [4.69, 9.17) is 33.0 Å². The van der Waals surface area contributed by atoms with Gasteiger partial charge in [0.05, 0.1) is 16.5 Å². The third-order valence-electron chi connectivity index (χ3n) is 3.39. The second kappa shape index (κ2) is 9.30. The molecule has 5 nitrogen and oxygen atoms in total. The number of amides is 1. The molecule has 0 unspecified atom stereocenters. The first-order valence-electron chi connectivity index (χ1n) is 7.59. The molecule has 2 N–H and O–H groups in total. The van der Waals surface area contributed by atoms with Gasteiger partial charge in [0, 0.05) is 18.5 Å². The average Bonchev–Trinajstić information content (AvgIpc) is 2.59. The van der Waals surface area contributed by atoms with E-state index in [2.05, 4.69) is 5.32 Å². The number of ether oxygens (including phenoxy) is 1. The minimum absolute atomic E-state index is 0.0539. The van der Waals surface area contributed by atoms with Gasteiger partial charge in [0.25, 0.3) is 0 Å². The van der Waals surface area contributed by atoms with E-state index < -0.39 is 5.97 Å². The summed E-state index contributed by atoms with van der Waals surface area (Å²) in [5, 5.41) is 12.2. The van der Waals surface area contributed by atoms with Crippen molar-refractivity contribution in [1.29, 1.82) is 0 Å². The van der Waals surface area contributed by atoms with Crippen molar-refractivity contribution < 1.29 is 19.4 Å². The van der Waals surface area contributed by atoms with Gasteiger partial charge in [-0.25, -0.2) is 0 Å². The topological polar surface area (TPSA) is 75.6 Å². The number of benzene rings is 2. The second-order valence-electron chi connectivity index (χ2n) is 5.32. The molecule has 7 heteroatoms. The lowest BCUT2D eigenvalue weighted by molar-refractivity contribution is -0.138. The van der Waals surface area contributed by atoms with Gasteiger partial charge in [-0.2, -0.15) is 0 Å². The van der Waals surface area contributed by atoms with Gasteiger partial charge >= 0.3 is 5.97 Å². The summed E-state index contributed by atoms with van der Waals surface area (Å²) in [6.45, 7) is 0.566. The van der Waals surface area contributed by atoms with Gasteiger partial charge in [-0.05, 0) is 23.8 Å². The fraction of sp³-hybridized carbons (Fsp3) is 0.222. The number of nitrogens with one attached hydrogen (secondary N) is 1. The Labute approximate surface area is 155 Å². The lowest BCUT2D eigenvalue weighted by Crippen LogP contribution is -2.23. The largest absolute Gasteiger partial charge is 0.489 e. The Balaban J connectivity index is 1.94. The van der Waals surface area contributed by atoms with Crippen molar-refractivity contribution in [3.63, 3.8) is 0 Å². The third-order valence-corrected chi connectivity index (χ3v) is 4.13. The monoisotopic (exact) mass is 381 g/mol. The summed E-state index contributed by atoms with van der Waals surface area (Å²) >= 11 is 11.9. The van der Waals surface area contributed by atoms with Crippen molar-refractivity contribution in [2.75, 3.05) is 0 Å². The number of para-hydroxylation sites is 1. The van der Waals surface area contributed by atoms with Gasteiger partial charge in [0.2, 0.25) is 5.91 Å². The van der Waals surface area contributed by atoms with Crippen LogP contribution in [-0.2, 0) is 22.7 Å². The molecular formula is C18H17Cl2NO4. The average molecular weight is 382 g/mol. The summed E-state index contributed by atoms with van der Waals surface area (Å²) in [6.07, 6.45) is -0.247. The number of hydrogen-bond donors (Lipinski definition) is 2. The van der Waals surface area contributed by atoms with Crippen LogP contribution in [0.1, 0.15) is 24.0 Å². The molecule has 0 radical (unpaired) electrons. The molecule has 0 aliphatic rings. The van der Waals surface area contributed by atoms with Crippen LogP contribution < -0.4 is 10.1 Å². The molecule has 0 atom stereocenters. The number of aliphatic carboxylic acids is 1. The zero-order chi connectivity index (χ0) is 18.2. The molecule has 0 fully saturated rings. The lowest BCUT2D eigenvalue weighted by Gasteiger charge is -2.12. The highest BCUT2D eigenvalue weighted by atomic mass is 35.5. The Morgan fingerprint density at radius 3 is 2.52 bits per heavy atom. The fourth-order valence-corrected chi connectivity index (χ4v) is 2.40. The smallest absolute Gasteiger partial charge is 0.303 e. The highest BCUT2D eigenvalue weighted by Crippen LogP contribution is 2.24. The molecular weight excluding hydrogens is 365 g/mol. The number of carbonyl (C=O) groups is 2. The van der Waals surface area contributed by atoms with E-state index in [0.29, 0.717) is 22.4 Å². The Hall–Kier alpha value is -2.24. The molecule has 25 heavy (non-hydrogen) atoms. The number of rotatable bonds is 8. The summed E-state index contributed by atoms with van der Waals surface area (Å²) in [4.78, 5) is 22.1. The van der Waals surface area contributed by atoms with Crippen LogP contribution in [0.15, 0.2) is 42.5 Å². The zero-order valence-corrected chi connectivity index (χ0v) is 14.8. The van der Waals surface area contributed by atoms with Crippen LogP contribution in [0.4, 0.5) is 0 Å². The molecule has 0 aliphatic carbocycles. The maximum Gasteiger partial charge on any atom is 0.303 e. The van der Waals surface area contributed by atoms with Crippen molar-refractivity contribution in [2.45, 2.75) is 26.0 Å². The minimum atomic E-state index is -1.000. The van der Waals surface area contributed by atoms with Crippen molar-refractivity contribution >= 4 is 35.1 Å². The Morgan fingerprint density at radius 1 is 1.04 bits per heavy atom. The van der Waals surface area contributed by atoms with Crippen LogP contribution in [0.5, 0.6) is 5.75 Å². The minimum Gasteiger partial charge on any atom is -0.489 e. The highest BCUT2D eigenvalue weighted by molar-refractivity contribution is 6.42. The maximum atomic E-state index is 11.6. The van der Waals surface area contributed by atoms with Crippen molar-refractivity contribution in [3.8, 4) is 5.75 Å². The molecule has 0 spiro atoms. The number of carboxylic acids is 1. The molecule has 2 rings (SSSR count). The van der Waals surface area contributed by atoms with E-state index in [1.165, 1.54) is 0 Å². The summed E-state index contributed by atoms with van der Waals surface area (Å²) in [5.74, 6) is -0.686. The number of carbonyl (C=O) groups excluding carboxylic acids is 1. The normalized spacial score (nSPS) is 10.3. The Kier molecular flexibility index (Phi) is 7.10. The second-order valence-corrected chi connectivity index (χ2v) is 6.13.